The third kappa shape index (κ3) is 5.11. The lowest BCUT2D eigenvalue weighted by atomic mass is 9.97. The topological polar surface area (TPSA) is 61.4 Å². The van der Waals surface area contributed by atoms with E-state index in [1.165, 1.54) is 10.8 Å². The molecule has 5 aromatic carbocycles. The van der Waals surface area contributed by atoms with E-state index in [9.17, 15) is 0 Å². The molecule has 0 amide bonds. The van der Waals surface area contributed by atoms with Crippen LogP contribution in [0.3, 0.4) is 0 Å². The van der Waals surface area contributed by atoms with E-state index < -0.39 is 0 Å². The van der Waals surface area contributed by atoms with Gasteiger partial charge in [0.05, 0.1) is 45.8 Å². The van der Waals surface area contributed by atoms with Crippen LogP contribution in [0.2, 0.25) is 0 Å². The first-order valence-electron chi connectivity index (χ1n) is 18.7. The highest BCUT2D eigenvalue weighted by atomic mass is 15.0. The largest absolute Gasteiger partial charge is 0.308 e. The van der Waals surface area contributed by atoms with Gasteiger partial charge in [0, 0.05) is 68.8 Å². The second-order valence-corrected chi connectivity index (χ2v) is 14.0. The minimum absolute atomic E-state index is 0.933. The summed E-state index contributed by atoms with van der Waals surface area (Å²) in [4.78, 5) is 18.7. The molecule has 11 rings (SSSR count). The molecule has 0 saturated heterocycles. The normalized spacial score (nSPS) is 11.6. The predicted octanol–water partition coefficient (Wildman–Crippen LogP) is 12.1. The molecule has 6 aromatic heterocycles. The zero-order valence-electron chi connectivity index (χ0n) is 30.2. The Bertz CT molecular complexity index is 3040. The monoisotopic (exact) mass is 716 g/mol. The van der Waals surface area contributed by atoms with Crippen molar-refractivity contribution in [2.24, 2.45) is 0 Å². The van der Waals surface area contributed by atoms with Crippen LogP contribution in [0.25, 0.3) is 99.8 Å². The summed E-state index contributed by atoms with van der Waals surface area (Å²) in [6.45, 7) is 0. The van der Waals surface area contributed by atoms with E-state index in [-0.39, 0.29) is 0 Å². The van der Waals surface area contributed by atoms with E-state index >= 15 is 0 Å². The van der Waals surface area contributed by atoms with Crippen LogP contribution in [0.1, 0.15) is 0 Å². The predicted molar refractivity (Wildman–Crippen MR) is 228 cm³/mol. The third-order valence-corrected chi connectivity index (χ3v) is 10.9. The van der Waals surface area contributed by atoms with Gasteiger partial charge in [0.25, 0.3) is 0 Å². The lowest BCUT2D eigenvalue weighted by Gasteiger charge is -2.13. The van der Waals surface area contributed by atoms with Gasteiger partial charge in [0.15, 0.2) is 0 Å². The lowest BCUT2D eigenvalue weighted by Crippen LogP contribution is -1.99. The fourth-order valence-corrected chi connectivity index (χ4v) is 8.34. The standard InChI is InChI=1S/C50H32N6/c1-3-14-39(37(12-1)33-20-24-51-25-21-33)45-29-43-41-16-5-7-18-47(41)55(49(43)31-53-45)35-10-9-11-36(28-35)56-48-19-8-6-17-42(48)44-30-46(54-32-50(44)56)40-15-4-2-13-38(40)34-22-26-52-27-23-34/h1-32H. The fourth-order valence-electron chi connectivity index (χ4n) is 8.34. The van der Waals surface area contributed by atoms with Crippen LogP contribution in [0, 0.1) is 0 Å². The Kier molecular flexibility index (Phi) is 7.38. The van der Waals surface area contributed by atoms with Crippen LogP contribution < -0.4 is 0 Å². The van der Waals surface area contributed by atoms with Crippen molar-refractivity contribution in [1.29, 1.82) is 0 Å². The number of benzene rings is 5. The molecular formula is C50H32N6. The number of para-hydroxylation sites is 2. The molecule has 0 bridgehead atoms. The van der Waals surface area contributed by atoms with Gasteiger partial charge in [0.2, 0.25) is 0 Å². The maximum Gasteiger partial charge on any atom is 0.0724 e. The highest BCUT2D eigenvalue weighted by Gasteiger charge is 2.19. The van der Waals surface area contributed by atoms with E-state index in [2.05, 4.69) is 153 Å². The van der Waals surface area contributed by atoms with Crippen LogP contribution in [-0.4, -0.2) is 29.1 Å². The molecule has 6 heterocycles. The summed E-state index contributed by atoms with van der Waals surface area (Å²) in [5.74, 6) is 0. The molecule has 0 aliphatic heterocycles. The first-order chi connectivity index (χ1) is 27.8. The number of rotatable bonds is 6. The Labute approximate surface area is 322 Å². The van der Waals surface area contributed by atoms with Crippen LogP contribution in [0.5, 0.6) is 0 Å². The van der Waals surface area contributed by atoms with E-state index in [1.807, 2.05) is 61.4 Å². The molecule has 0 spiro atoms. The van der Waals surface area contributed by atoms with Crippen molar-refractivity contribution >= 4 is 43.6 Å². The molecule has 11 aromatic rings. The molecule has 262 valence electrons. The number of hydrogen-bond acceptors (Lipinski definition) is 4. The van der Waals surface area contributed by atoms with Crippen LogP contribution in [0.15, 0.2) is 195 Å². The van der Waals surface area contributed by atoms with Gasteiger partial charge in [-0.15, -0.1) is 0 Å². The summed E-state index contributed by atoms with van der Waals surface area (Å²) < 4.78 is 4.67. The number of pyridine rings is 4. The molecule has 0 aliphatic rings. The lowest BCUT2D eigenvalue weighted by molar-refractivity contribution is 1.12. The Hall–Kier alpha value is -7.70. The van der Waals surface area contributed by atoms with Crippen molar-refractivity contribution in [2.75, 3.05) is 0 Å². The van der Waals surface area contributed by atoms with Gasteiger partial charge in [-0.2, -0.15) is 0 Å². The van der Waals surface area contributed by atoms with E-state index in [1.54, 1.807) is 0 Å². The summed E-state index contributed by atoms with van der Waals surface area (Å²) in [5.41, 5.74) is 15.0. The Balaban J connectivity index is 1.06. The van der Waals surface area contributed by atoms with Crippen LogP contribution >= 0.6 is 0 Å². The molecule has 0 fully saturated rings. The maximum atomic E-state index is 5.10. The second-order valence-electron chi connectivity index (χ2n) is 14.0. The SMILES string of the molecule is c1cc(-n2c3ccccc3c3cc(-c4ccccc4-c4ccncc4)ncc32)cc(-n2c3ccccc3c3cc(-c4ccccc4-c4ccncc4)ncc32)c1. The highest BCUT2D eigenvalue weighted by Crippen LogP contribution is 2.39. The summed E-state index contributed by atoms with van der Waals surface area (Å²) in [6, 6.07) is 55.6. The molecular weight excluding hydrogens is 685 g/mol. The maximum absolute atomic E-state index is 5.10. The van der Waals surface area contributed by atoms with E-state index in [4.69, 9.17) is 9.97 Å². The van der Waals surface area contributed by atoms with E-state index in [0.717, 1.165) is 89.0 Å². The third-order valence-electron chi connectivity index (χ3n) is 10.9. The summed E-state index contributed by atoms with van der Waals surface area (Å²) in [6.07, 6.45) is 11.4. The first-order valence-corrected chi connectivity index (χ1v) is 18.7. The van der Waals surface area contributed by atoms with Gasteiger partial charge in [-0.3, -0.25) is 19.9 Å². The van der Waals surface area contributed by atoms with Crippen molar-refractivity contribution in [3.05, 3.63) is 195 Å². The number of hydrogen-bond donors (Lipinski definition) is 0. The molecule has 0 unspecified atom stereocenters. The molecule has 0 atom stereocenters. The zero-order valence-corrected chi connectivity index (χ0v) is 30.2. The van der Waals surface area contributed by atoms with Crippen molar-refractivity contribution in [1.82, 2.24) is 29.1 Å². The molecule has 6 heteroatoms. The molecule has 0 radical (unpaired) electrons. The zero-order chi connectivity index (χ0) is 37.0. The van der Waals surface area contributed by atoms with Gasteiger partial charge in [-0.1, -0.05) is 91.0 Å². The average molecular weight is 717 g/mol. The summed E-state index contributed by atoms with van der Waals surface area (Å²) >= 11 is 0. The van der Waals surface area contributed by atoms with Crippen molar-refractivity contribution in [2.45, 2.75) is 0 Å². The quantitative estimate of drug-likeness (QED) is 0.172. The average Bonchev–Trinajstić information content (AvgIpc) is 3.79. The van der Waals surface area contributed by atoms with Gasteiger partial charge >= 0.3 is 0 Å². The first kappa shape index (κ1) is 31.8. The Morgan fingerprint density at radius 3 is 1.20 bits per heavy atom. The molecule has 6 nitrogen and oxygen atoms in total. The van der Waals surface area contributed by atoms with Gasteiger partial charge in [-0.05, 0) is 89.0 Å². The van der Waals surface area contributed by atoms with Crippen LogP contribution in [-0.2, 0) is 0 Å². The van der Waals surface area contributed by atoms with E-state index in [0.29, 0.717) is 0 Å². The minimum atomic E-state index is 0.933. The summed E-state index contributed by atoms with van der Waals surface area (Å²) in [5, 5.41) is 4.67. The van der Waals surface area contributed by atoms with Crippen molar-refractivity contribution < 1.29 is 0 Å². The molecule has 56 heavy (non-hydrogen) atoms. The Morgan fingerprint density at radius 1 is 0.321 bits per heavy atom. The van der Waals surface area contributed by atoms with Gasteiger partial charge < -0.3 is 9.13 Å². The minimum Gasteiger partial charge on any atom is -0.308 e. The second kappa shape index (κ2) is 13.0. The molecule has 0 N–H and O–H groups in total. The fraction of sp³-hybridized carbons (Fsp3) is 0. The van der Waals surface area contributed by atoms with Crippen molar-refractivity contribution in [3.63, 3.8) is 0 Å². The molecule has 0 aliphatic carbocycles. The number of aromatic nitrogens is 6. The van der Waals surface area contributed by atoms with Crippen LogP contribution in [0.4, 0.5) is 0 Å². The van der Waals surface area contributed by atoms with Gasteiger partial charge in [0.1, 0.15) is 0 Å². The summed E-state index contributed by atoms with van der Waals surface area (Å²) in [7, 11) is 0. The smallest absolute Gasteiger partial charge is 0.0724 e. The van der Waals surface area contributed by atoms with Gasteiger partial charge in [-0.25, -0.2) is 0 Å². The molecule has 0 saturated carbocycles. The number of nitrogens with zero attached hydrogens (tertiary/aromatic N) is 6. The number of fused-ring (bicyclic) bond motifs is 6. The Morgan fingerprint density at radius 2 is 0.732 bits per heavy atom. The highest BCUT2D eigenvalue weighted by molar-refractivity contribution is 6.11. The van der Waals surface area contributed by atoms with Crippen molar-refractivity contribution in [3.8, 4) is 56.1 Å².